The summed E-state index contributed by atoms with van der Waals surface area (Å²) in [5, 5.41) is 9.14. The molecule has 0 fully saturated rings. The lowest BCUT2D eigenvalue weighted by Gasteiger charge is -2.12. The summed E-state index contributed by atoms with van der Waals surface area (Å²) < 4.78 is 6.46. The van der Waals surface area contributed by atoms with Gasteiger partial charge in [0.05, 0.1) is 5.69 Å². The van der Waals surface area contributed by atoms with Gasteiger partial charge in [0.2, 0.25) is 5.78 Å². The molecule has 3 aromatic heterocycles. The number of imidazole rings is 2. The number of benzene rings is 1. The molecule has 0 saturated heterocycles. The smallest absolute Gasteiger partial charge is 0.332 e. The number of aromatic nitrogens is 5. The van der Waals surface area contributed by atoms with E-state index in [1.165, 1.54) is 14.7 Å². The molecular weight excluding hydrogens is 370 g/mol. The minimum absolute atomic E-state index is 0.0867. The van der Waals surface area contributed by atoms with Crippen molar-refractivity contribution in [3.63, 3.8) is 0 Å². The van der Waals surface area contributed by atoms with Crippen LogP contribution >= 0.6 is 0 Å². The highest BCUT2D eigenvalue weighted by Crippen LogP contribution is 2.27. The van der Waals surface area contributed by atoms with Gasteiger partial charge in [0.1, 0.15) is 0 Å². The van der Waals surface area contributed by atoms with Crippen molar-refractivity contribution in [3.8, 4) is 5.69 Å². The highest BCUT2D eigenvalue weighted by atomic mass is 16.3. The summed E-state index contributed by atoms with van der Waals surface area (Å²) in [5.41, 5.74) is 5.11. The van der Waals surface area contributed by atoms with Crippen LogP contribution in [0.25, 0.3) is 22.6 Å². The third-order valence-corrected chi connectivity index (χ3v) is 5.88. The van der Waals surface area contributed by atoms with Gasteiger partial charge in [0.15, 0.2) is 11.2 Å². The van der Waals surface area contributed by atoms with Crippen LogP contribution in [0.1, 0.15) is 28.9 Å². The summed E-state index contributed by atoms with van der Waals surface area (Å²) in [6, 6.07) is 6.10. The fourth-order valence-corrected chi connectivity index (χ4v) is 3.94. The van der Waals surface area contributed by atoms with Gasteiger partial charge in [-0.25, -0.2) is 4.79 Å². The largest absolute Gasteiger partial charge is 0.396 e. The van der Waals surface area contributed by atoms with Crippen LogP contribution in [-0.4, -0.2) is 34.8 Å². The van der Waals surface area contributed by atoms with Crippen molar-refractivity contribution in [2.75, 3.05) is 6.61 Å². The number of fused-ring (bicyclic) bond motifs is 3. The summed E-state index contributed by atoms with van der Waals surface area (Å²) in [6.45, 7) is 8.17. The van der Waals surface area contributed by atoms with E-state index in [0.717, 1.165) is 22.6 Å². The first kappa shape index (κ1) is 19.2. The third kappa shape index (κ3) is 2.59. The lowest BCUT2D eigenvalue weighted by Crippen LogP contribution is -2.39. The summed E-state index contributed by atoms with van der Waals surface area (Å²) in [7, 11) is 1.62. The quantitative estimate of drug-likeness (QED) is 0.570. The molecule has 0 saturated carbocycles. The number of hydrogen-bond acceptors (Lipinski definition) is 4. The van der Waals surface area contributed by atoms with Crippen LogP contribution in [0.15, 0.2) is 27.8 Å². The molecule has 1 N–H and O–H groups in total. The Kier molecular flexibility index (Phi) is 4.46. The van der Waals surface area contributed by atoms with Crippen molar-refractivity contribution in [2.24, 2.45) is 7.05 Å². The normalized spacial score (nSPS) is 11.8. The van der Waals surface area contributed by atoms with Gasteiger partial charge in [0, 0.05) is 31.6 Å². The van der Waals surface area contributed by atoms with Crippen molar-refractivity contribution in [1.82, 2.24) is 23.1 Å². The highest BCUT2D eigenvalue weighted by molar-refractivity contribution is 5.77. The third-order valence-electron chi connectivity index (χ3n) is 5.88. The standard InChI is InChI=1S/C21H25N5O3/c1-12-8-6-9-16(13(12)2)25-14(3)15(4)26-17-18(22-20(25)26)23(5)21(29)24(19(17)28)10-7-11-27/h6,8-9,27H,7,10-11H2,1-5H3. The molecule has 0 radical (unpaired) electrons. The zero-order valence-electron chi connectivity index (χ0n) is 17.4. The Morgan fingerprint density at radius 1 is 1.07 bits per heavy atom. The molecule has 0 aliphatic heterocycles. The Morgan fingerprint density at radius 2 is 1.79 bits per heavy atom. The van der Waals surface area contributed by atoms with Crippen LogP contribution in [0.3, 0.4) is 0 Å². The van der Waals surface area contributed by atoms with Crippen molar-refractivity contribution >= 4 is 16.9 Å². The number of nitrogens with zero attached hydrogens (tertiary/aromatic N) is 5. The molecule has 4 rings (SSSR count). The molecule has 0 aliphatic rings. The van der Waals surface area contributed by atoms with Crippen molar-refractivity contribution in [3.05, 3.63) is 61.6 Å². The molecule has 0 amide bonds. The van der Waals surface area contributed by atoms with Gasteiger partial charge in [-0.3, -0.25) is 22.9 Å². The van der Waals surface area contributed by atoms with E-state index in [2.05, 4.69) is 19.9 Å². The molecule has 8 nitrogen and oxygen atoms in total. The Balaban J connectivity index is 2.17. The second-order valence-corrected chi connectivity index (χ2v) is 7.52. The molecule has 0 spiro atoms. The second kappa shape index (κ2) is 6.73. The van der Waals surface area contributed by atoms with E-state index in [-0.39, 0.29) is 18.7 Å². The van der Waals surface area contributed by atoms with Gasteiger partial charge < -0.3 is 5.11 Å². The fraction of sp³-hybridized carbons (Fsp3) is 0.381. The van der Waals surface area contributed by atoms with Crippen LogP contribution in [0.5, 0.6) is 0 Å². The predicted octanol–water partition coefficient (Wildman–Crippen LogP) is 1.75. The van der Waals surface area contributed by atoms with E-state index < -0.39 is 5.69 Å². The predicted molar refractivity (Wildman–Crippen MR) is 112 cm³/mol. The van der Waals surface area contributed by atoms with Gasteiger partial charge in [-0.15, -0.1) is 0 Å². The molecule has 4 aromatic rings. The van der Waals surface area contributed by atoms with Gasteiger partial charge in [-0.1, -0.05) is 12.1 Å². The van der Waals surface area contributed by atoms with Crippen LogP contribution < -0.4 is 11.2 Å². The first-order valence-electron chi connectivity index (χ1n) is 9.67. The zero-order chi connectivity index (χ0) is 21.0. The van der Waals surface area contributed by atoms with Crippen molar-refractivity contribution in [1.29, 1.82) is 0 Å². The lowest BCUT2D eigenvalue weighted by atomic mass is 10.1. The number of hydrogen-bond donors (Lipinski definition) is 1. The monoisotopic (exact) mass is 395 g/mol. The Morgan fingerprint density at radius 3 is 2.48 bits per heavy atom. The average molecular weight is 395 g/mol. The van der Waals surface area contributed by atoms with E-state index in [1.807, 2.05) is 34.9 Å². The van der Waals surface area contributed by atoms with Crippen molar-refractivity contribution < 1.29 is 5.11 Å². The molecule has 8 heteroatoms. The summed E-state index contributed by atoms with van der Waals surface area (Å²) >= 11 is 0. The molecule has 29 heavy (non-hydrogen) atoms. The Labute approximate surface area is 167 Å². The first-order chi connectivity index (χ1) is 13.8. The minimum Gasteiger partial charge on any atom is -0.396 e. The van der Waals surface area contributed by atoms with E-state index in [9.17, 15) is 9.59 Å². The maximum absolute atomic E-state index is 13.2. The maximum atomic E-state index is 13.2. The van der Waals surface area contributed by atoms with Gasteiger partial charge in [-0.05, 0) is 51.3 Å². The SMILES string of the molecule is Cc1cccc(-n2c(C)c(C)n3c4c(=O)n(CCCO)c(=O)n(C)c4nc23)c1C. The first-order valence-corrected chi connectivity index (χ1v) is 9.67. The van der Waals surface area contributed by atoms with Crippen molar-refractivity contribution in [2.45, 2.75) is 40.7 Å². The summed E-state index contributed by atoms with van der Waals surface area (Å²) in [6.07, 6.45) is 0.337. The average Bonchev–Trinajstić information content (AvgIpc) is 3.19. The van der Waals surface area contributed by atoms with Gasteiger partial charge in [0.25, 0.3) is 5.56 Å². The Bertz CT molecular complexity index is 1380. The molecule has 0 atom stereocenters. The number of aryl methyl sites for hydroxylation is 3. The number of aliphatic hydroxyl groups is 1. The number of aliphatic hydroxyl groups excluding tert-OH is 1. The lowest BCUT2D eigenvalue weighted by molar-refractivity contribution is 0.277. The van der Waals surface area contributed by atoms with Gasteiger partial charge in [-0.2, -0.15) is 4.98 Å². The van der Waals surface area contributed by atoms with E-state index in [0.29, 0.717) is 23.4 Å². The molecule has 0 unspecified atom stereocenters. The van der Waals surface area contributed by atoms with Crippen LogP contribution in [0, 0.1) is 27.7 Å². The van der Waals surface area contributed by atoms with E-state index in [4.69, 9.17) is 10.1 Å². The maximum Gasteiger partial charge on any atom is 0.332 e. The molecule has 0 bridgehead atoms. The molecule has 152 valence electrons. The zero-order valence-corrected chi connectivity index (χ0v) is 17.4. The molecule has 3 heterocycles. The highest BCUT2D eigenvalue weighted by Gasteiger charge is 2.23. The summed E-state index contributed by atoms with van der Waals surface area (Å²) in [4.78, 5) is 30.6. The molecular formula is C21H25N5O3. The summed E-state index contributed by atoms with van der Waals surface area (Å²) in [5.74, 6) is 0.607. The second-order valence-electron chi connectivity index (χ2n) is 7.52. The Hall–Kier alpha value is -3.13. The fourth-order valence-electron chi connectivity index (χ4n) is 3.94. The van der Waals surface area contributed by atoms with Crippen LogP contribution in [0.2, 0.25) is 0 Å². The van der Waals surface area contributed by atoms with Gasteiger partial charge >= 0.3 is 5.69 Å². The van der Waals surface area contributed by atoms with Crippen LogP contribution in [0.4, 0.5) is 0 Å². The number of rotatable bonds is 4. The van der Waals surface area contributed by atoms with E-state index >= 15 is 0 Å². The molecule has 0 aliphatic carbocycles. The van der Waals surface area contributed by atoms with E-state index in [1.54, 1.807) is 7.05 Å². The minimum atomic E-state index is -0.427. The topological polar surface area (TPSA) is 86.5 Å². The van der Waals surface area contributed by atoms with Crippen LogP contribution in [-0.2, 0) is 13.6 Å². The molecule has 1 aromatic carbocycles.